The molecule has 1 heterocycles. The number of hydrogen-bond acceptors (Lipinski definition) is 5. The summed E-state index contributed by atoms with van der Waals surface area (Å²) in [6, 6.07) is 8.54. The molecule has 0 radical (unpaired) electrons. The van der Waals surface area contributed by atoms with Crippen LogP contribution in [0.3, 0.4) is 0 Å². The number of carbonyl (C=O) groups is 1. The van der Waals surface area contributed by atoms with Crippen molar-refractivity contribution in [2.24, 2.45) is 0 Å². The highest BCUT2D eigenvalue weighted by atomic mass is 32.2. The normalized spacial score (nSPS) is 11.4. The van der Waals surface area contributed by atoms with E-state index in [0.29, 0.717) is 0 Å². The maximum atomic E-state index is 11.9. The van der Waals surface area contributed by atoms with E-state index in [1.165, 1.54) is 35.6 Å². The summed E-state index contributed by atoms with van der Waals surface area (Å²) in [4.78, 5) is 11.5. The van der Waals surface area contributed by atoms with E-state index in [-0.39, 0.29) is 17.0 Å². The predicted octanol–water partition coefficient (Wildman–Crippen LogP) is 0.590. The van der Waals surface area contributed by atoms with Crippen LogP contribution >= 0.6 is 11.3 Å². The van der Waals surface area contributed by atoms with E-state index in [9.17, 15) is 18.3 Å². The number of thiophene rings is 1. The lowest BCUT2D eigenvalue weighted by molar-refractivity contribution is -0.255. The lowest BCUT2D eigenvalue weighted by Gasteiger charge is -2.07. The molecule has 0 fully saturated rings. The van der Waals surface area contributed by atoms with Crippen LogP contribution in [0, 0.1) is 0 Å². The highest BCUT2D eigenvalue weighted by molar-refractivity contribution is 7.89. The van der Waals surface area contributed by atoms with E-state index < -0.39 is 16.0 Å². The van der Waals surface area contributed by atoms with Crippen molar-refractivity contribution in [1.29, 1.82) is 0 Å². The third-order valence-corrected chi connectivity index (χ3v) is 4.71. The van der Waals surface area contributed by atoms with Gasteiger partial charge in [0.2, 0.25) is 10.0 Å². The molecule has 1 aromatic heterocycles. The molecule has 0 saturated heterocycles. The Kier molecular flexibility index (Phi) is 3.98. The number of carboxylic acid groups (broad SMARTS) is 1. The van der Waals surface area contributed by atoms with E-state index in [4.69, 9.17) is 0 Å². The van der Waals surface area contributed by atoms with Crippen molar-refractivity contribution in [3.05, 3.63) is 52.2 Å². The number of aromatic carboxylic acids is 1. The van der Waals surface area contributed by atoms with Crippen molar-refractivity contribution < 1.29 is 18.3 Å². The number of carboxylic acids is 1. The van der Waals surface area contributed by atoms with Crippen molar-refractivity contribution in [2.45, 2.75) is 11.4 Å². The van der Waals surface area contributed by atoms with Crippen molar-refractivity contribution in [1.82, 2.24) is 4.72 Å². The summed E-state index contributed by atoms with van der Waals surface area (Å²) in [5.41, 5.74) is -0.0581. The Labute approximate surface area is 114 Å². The first kappa shape index (κ1) is 13.7. The molecule has 0 unspecified atom stereocenters. The molecular formula is C12H10NO4S2-. The van der Waals surface area contributed by atoms with Crippen molar-refractivity contribution in [3.8, 4) is 0 Å². The zero-order valence-corrected chi connectivity index (χ0v) is 11.3. The maximum Gasteiger partial charge on any atom is 0.240 e. The van der Waals surface area contributed by atoms with E-state index >= 15 is 0 Å². The Morgan fingerprint density at radius 1 is 1.21 bits per heavy atom. The van der Waals surface area contributed by atoms with Gasteiger partial charge in [-0.1, -0.05) is 18.2 Å². The molecule has 2 rings (SSSR count). The van der Waals surface area contributed by atoms with Gasteiger partial charge < -0.3 is 9.90 Å². The molecule has 0 aliphatic heterocycles. The van der Waals surface area contributed by atoms with Gasteiger partial charge in [0, 0.05) is 11.4 Å². The van der Waals surface area contributed by atoms with Crippen LogP contribution in [0.2, 0.25) is 0 Å². The number of sulfonamides is 1. The van der Waals surface area contributed by atoms with Crippen LogP contribution < -0.4 is 9.83 Å². The minimum absolute atomic E-state index is 0.0223. The van der Waals surface area contributed by atoms with Crippen LogP contribution in [0.5, 0.6) is 0 Å². The van der Waals surface area contributed by atoms with Crippen LogP contribution in [0.1, 0.15) is 15.2 Å². The van der Waals surface area contributed by atoms with Gasteiger partial charge in [-0.3, -0.25) is 0 Å². The number of nitrogens with one attached hydrogen (secondary N) is 1. The van der Waals surface area contributed by atoms with Gasteiger partial charge in [-0.15, -0.1) is 11.3 Å². The minimum atomic E-state index is -3.64. The fourth-order valence-corrected chi connectivity index (χ4v) is 3.18. The van der Waals surface area contributed by atoms with E-state index in [0.717, 1.165) is 4.88 Å². The molecular weight excluding hydrogens is 286 g/mol. The molecule has 5 nitrogen and oxygen atoms in total. The zero-order valence-electron chi connectivity index (χ0n) is 9.70. The first-order chi connectivity index (χ1) is 8.99. The van der Waals surface area contributed by atoms with E-state index in [2.05, 4.69) is 4.72 Å². The average Bonchev–Trinajstić information content (AvgIpc) is 2.90. The van der Waals surface area contributed by atoms with Gasteiger partial charge in [0.15, 0.2) is 0 Å². The third-order valence-electron chi connectivity index (χ3n) is 2.42. The van der Waals surface area contributed by atoms with Crippen LogP contribution in [0.4, 0.5) is 0 Å². The number of benzene rings is 1. The molecule has 0 atom stereocenters. The summed E-state index contributed by atoms with van der Waals surface area (Å²) in [5, 5.41) is 12.4. The highest BCUT2D eigenvalue weighted by Gasteiger charge is 2.13. The maximum absolute atomic E-state index is 11.9. The monoisotopic (exact) mass is 296 g/mol. The zero-order chi connectivity index (χ0) is 13.9. The lowest BCUT2D eigenvalue weighted by Crippen LogP contribution is -2.24. The SMILES string of the molecule is O=C([O-])c1ccc(S(=O)(=O)NCc2cccs2)cc1. The molecule has 19 heavy (non-hydrogen) atoms. The molecule has 0 spiro atoms. The first-order valence-corrected chi connectivity index (χ1v) is 7.69. The second kappa shape index (κ2) is 5.52. The van der Waals surface area contributed by atoms with Gasteiger partial charge in [-0.05, 0) is 29.1 Å². The quantitative estimate of drug-likeness (QED) is 0.875. The number of carbonyl (C=O) groups excluding carboxylic acids is 1. The summed E-state index contributed by atoms with van der Waals surface area (Å²) in [5.74, 6) is -1.34. The van der Waals surface area contributed by atoms with Crippen LogP contribution in [-0.2, 0) is 16.6 Å². The van der Waals surface area contributed by atoms with Crippen LogP contribution in [0.15, 0.2) is 46.7 Å². The van der Waals surface area contributed by atoms with E-state index in [1.54, 1.807) is 0 Å². The topological polar surface area (TPSA) is 86.3 Å². The summed E-state index contributed by atoms with van der Waals surface area (Å²) < 4.78 is 26.3. The molecule has 2 aromatic rings. The molecule has 0 aliphatic carbocycles. The fourth-order valence-electron chi connectivity index (χ4n) is 1.43. The first-order valence-electron chi connectivity index (χ1n) is 5.32. The second-order valence-corrected chi connectivity index (χ2v) is 6.51. The molecule has 0 bridgehead atoms. The Balaban J connectivity index is 2.13. The van der Waals surface area contributed by atoms with Crippen LogP contribution in [-0.4, -0.2) is 14.4 Å². The Bertz CT molecular complexity index is 660. The average molecular weight is 296 g/mol. The van der Waals surface area contributed by atoms with Gasteiger partial charge in [-0.2, -0.15) is 0 Å². The van der Waals surface area contributed by atoms with Gasteiger partial charge in [0.25, 0.3) is 0 Å². The highest BCUT2D eigenvalue weighted by Crippen LogP contribution is 2.13. The molecule has 100 valence electrons. The Morgan fingerprint density at radius 2 is 1.89 bits per heavy atom. The van der Waals surface area contributed by atoms with Gasteiger partial charge in [0.05, 0.1) is 10.9 Å². The van der Waals surface area contributed by atoms with Crippen molar-refractivity contribution in [2.75, 3.05) is 0 Å². The molecule has 1 aromatic carbocycles. The van der Waals surface area contributed by atoms with Crippen molar-refractivity contribution in [3.63, 3.8) is 0 Å². The molecule has 1 N–H and O–H groups in total. The van der Waals surface area contributed by atoms with Gasteiger partial charge in [0.1, 0.15) is 0 Å². The fraction of sp³-hybridized carbons (Fsp3) is 0.0833. The minimum Gasteiger partial charge on any atom is -0.545 e. The molecule has 0 aliphatic rings. The van der Waals surface area contributed by atoms with Gasteiger partial charge in [-0.25, -0.2) is 13.1 Å². The number of rotatable bonds is 5. The largest absolute Gasteiger partial charge is 0.545 e. The molecule has 0 saturated carbocycles. The molecule has 7 heteroatoms. The summed E-state index contributed by atoms with van der Waals surface area (Å²) in [7, 11) is -3.64. The third kappa shape index (κ3) is 3.40. The summed E-state index contributed by atoms with van der Waals surface area (Å²) in [6.07, 6.45) is 0. The van der Waals surface area contributed by atoms with Crippen molar-refractivity contribution >= 4 is 27.3 Å². The lowest BCUT2D eigenvalue weighted by atomic mass is 10.2. The number of hydrogen-bond donors (Lipinski definition) is 1. The van der Waals surface area contributed by atoms with Crippen LogP contribution in [0.25, 0.3) is 0 Å². The standard InChI is InChI=1S/C12H11NO4S2/c14-12(15)9-3-5-11(6-4-9)19(16,17)13-8-10-2-1-7-18-10/h1-7,13H,8H2,(H,14,15)/p-1. The molecule has 0 amide bonds. The van der Waals surface area contributed by atoms with E-state index in [1.807, 2.05) is 17.5 Å². The van der Waals surface area contributed by atoms with Gasteiger partial charge >= 0.3 is 0 Å². The Hall–Kier alpha value is -1.70. The second-order valence-electron chi connectivity index (χ2n) is 3.72. The Morgan fingerprint density at radius 3 is 2.42 bits per heavy atom. The summed E-state index contributed by atoms with van der Waals surface area (Å²) >= 11 is 1.45. The smallest absolute Gasteiger partial charge is 0.240 e. The predicted molar refractivity (Wildman–Crippen MR) is 69.1 cm³/mol. The summed E-state index contributed by atoms with van der Waals surface area (Å²) in [6.45, 7) is 0.211.